The minimum atomic E-state index is -0.465. The van der Waals surface area contributed by atoms with Gasteiger partial charge in [-0.2, -0.15) is 0 Å². The van der Waals surface area contributed by atoms with E-state index < -0.39 is 5.91 Å². The van der Waals surface area contributed by atoms with Gasteiger partial charge in [0, 0.05) is 0 Å². The Morgan fingerprint density at radius 2 is 1.93 bits per heavy atom. The number of hydrogen-bond donors (Lipinski definition) is 3. The van der Waals surface area contributed by atoms with Crippen molar-refractivity contribution in [1.29, 1.82) is 0 Å². The Hall–Kier alpha value is -2.04. The first-order valence-electron chi connectivity index (χ1n) is 4.54. The predicted octanol–water partition coefficient (Wildman–Crippen LogP) is -0.424. The molecule has 0 aliphatic heterocycles. The molecule has 0 aliphatic rings. The summed E-state index contributed by atoms with van der Waals surface area (Å²) in [5.41, 5.74) is 11.5. The highest BCUT2D eigenvalue weighted by Crippen LogP contribution is 1.99. The summed E-state index contributed by atoms with van der Waals surface area (Å²) in [6.45, 7) is 0.489. The summed E-state index contributed by atoms with van der Waals surface area (Å²) in [5.74, 6) is -0.245. The van der Waals surface area contributed by atoms with E-state index in [1.165, 1.54) is 0 Å². The monoisotopic (exact) mass is 206 g/mol. The summed E-state index contributed by atoms with van der Waals surface area (Å²) >= 11 is 0. The van der Waals surface area contributed by atoms with Gasteiger partial charge in [-0.25, -0.2) is 4.99 Å². The lowest BCUT2D eigenvalue weighted by Crippen LogP contribution is -2.38. The van der Waals surface area contributed by atoms with Gasteiger partial charge in [0.15, 0.2) is 5.96 Å². The van der Waals surface area contributed by atoms with Crippen LogP contribution in [0.25, 0.3) is 0 Å². The minimum absolute atomic E-state index is 0.00409. The molecule has 0 fully saturated rings. The van der Waals surface area contributed by atoms with Crippen LogP contribution in [-0.2, 0) is 11.3 Å². The van der Waals surface area contributed by atoms with E-state index in [4.69, 9.17) is 11.5 Å². The van der Waals surface area contributed by atoms with Gasteiger partial charge in [0.05, 0.1) is 13.1 Å². The molecule has 1 aromatic carbocycles. The van der Waals surface area contributed by atoms with Crippen LogP contribution in [0.4, 0.5) is 0 Å². The molecule has 0 aromatic heterocycles. The summed E-state index contributed by atoms with van der Waals surface area (Å²) in [7, 11) is 0. The molecule has 0 atom stereocenters. The maximum absolute atomic E-state index is 10.4. The van der Waals surface area contributed by atoms with Gasteiger partial charge in [-0.05, 0) is 5.56 Å². The van der Waals surface area contributed by atoms with Crippen molar-refractivity contribution in [1.82, 2.24) is 5.32 Å². The number of rotatable bonds is 4. The first kappa shape index (κ1) is 11.0. The van der Waals surface area contributed by atoms with Crippen LogP contribution in [0.15, 0.2) is 35.3 Å². The molecule has 5 nitrogen and oxygen atoms in total. The van der Waals surface area contributed by atoms with Gasteiger partial charge >= 0.3 is 0 Å². The second-order valence-electron chi connectivity index (χ2n) is 3.01. The number of primary amides is 1. The van der Waals surface area contributed by atoms with E-state index in [0.29, 0.717) is 6.54 Å². The number of aliphatic imine (C=N–C) groups is 1. The predicted molar refractivity (Wildman–Crippen MR) is 59.0 cm³/mol. The minimum Gasteiger partial charge on any atom is -0.370 e. The fourth-order valence-electron chi connectivity index (χ4n) is 0.993. The van der Waals surface area contributed by atoms with Crippen molar-refractivity contribution < 1.29 is 4.79 Å². The summed E-state index contributed by atoms with van der Waals surface area (Å²) in [6, 6.07) is 9.69. The molecule has 1 aromatic rings. The van der Waals surface area contributed by atoms with Gasteiger partial charge in [0.1, 0.15) is 0 Å². The molecule has 0 heterocycles. The molecule has 0 radical (unpaired) electrons. The smallest absolute Gasteiger partial charge is 0.236 e. The third-order valence-corrected chi connectivity index (χ3v) is 1.72. The number of nitrogens with two attached hydrogens (primary N) is 2. The van der Waals surface area contributed by atoms with E-state index in [2.05, 4.69) is 10.3 Å². The summed E-state index contributed by atoms with van der Waals surface area (Å²) in [5, 5.41) is 2.61. The van der Waals surface area contributed by atoms with E-state index in [1.54, 1.807) is 0 Å². The van der Waals surface area contributed by atoms with Gasteiger partial charge in [-0.15, -0.1) is 0 Å². The van der Waals surface area contributed by atoms with Crippen LogP contribution in [0.2, 0.25) is 0 Å². The summed E-state index contributed by atoms with van der Waals surface area (Å²) in [6.07, 6.45) is 0. The van der Waals surface area contributed by atoms with E-state index in [9.17, 15) is 4.79 Å². The molecule has 5 N–H and O–H groups in total. The molecule has 0 saturated carbocycles. The maximum Gasteiger partial charge on any atom is 0.236 e. The summed E-state index contributed by atoms with van der Waals surface area (Å²) < 4.78 is 0. The van der Waals surface area contributed by atoms with Gasteiger partial charge in [-0.1, -0.05) is 30.3 Å². The highest BCUT2D eigenvalue weighted by Gasteiger charge is 1.95. The Bertz CT molecular complexity index is 348. The van der Waals surface area contributed by atoms with Gasteiger partial charge in [0.25, 0.3) is 0 Å². The molecular formula is C10H14N4O. The lowest BCUT2D eigenvalue weighted by molar-refractivity contribution is -0.116. The number of hydrogen-bond acceptors (Lipinski definition) is 2. The highest BCUT2D eigenvalue weighted by atomic mass is 16.1. The molecule has 0 spiro atoms. The molecule has 0 bridgehead atoms. The van der Waals surface area contributed by atoms with Crippen molar-refractivity contribution in [2.24, 2.45) is 16.5 Å². The van der Waals surface area contributed by atoms with Gasteiger partial charge < -0.3 is 16.8 Å². The lowest BCUT2D eigenvalue weighted by Gasteiger charge is -2.02. The van der Waals surface area contributed by atoms with Crippen molar-refractivity contribution in [2.75, 3.05) is 6.54 Å². The molecule has 0 aliphatic carbocycles. The zero-order valence-corrected chi connectivity index (χ0v) is 8.31. The number of nitrogens with zero attached hydrogens (tertiary/aromatic N) is 1. The average molecular weight is 206 g/mol. The fourth-order valence-corrected chi connectivity index (χ4v) is 0.993. The van der Waals surface area contributed by atoms with Crippen LogP contribution < -0.4 is 16.8 Å². The Labute approximate surface area is 88.2 Å². The molecule has 1 rings (SSSR count). The molecule has 5 heteroatoms. The average Bonchev–Trinajstić information content (AvgIpc) is 2.25. The first-order valence-corrected chi connectivity index (χ1v) is 4.54. The van der Waals surface area contributed by atoms with Crippen molar-refractivity contribution in [3.8, 4) is 0 Å². The Morgan fingerprint density at radius 3 is 2.53 bits per heavy atom. The van der Waals surface area contributed by atoms with Crippen LogP contribution in [0.3, 0.4) is 0 Å². The van der Waals surface area contributed by atoms with E-state index in [1.807, 2.05) is 30.3 Å². The SMILES string of the molecule is NC(=O)CNC(N)=NCc1ccccc1. The van der Waals surface area contributed by atoms with Gasteiger partial charge in [0.2, 0.25) is 5.91 Å². The number of benzene rings is 1. The van der Waals surface area contributed by atoms with Crippen molar-refractivity contribution in [3.63, 3.8) is 0 Å². The molecule has 1 amide bonds. The van der Waals surface area contributed by atoms with Gasteiger partial charge in [-0.3, -0.25) is 4.79 Å². The van der Waals surface area contributed by atoms with E-state index >= 15 is 0 Å². The van der Waals surface area contributed by atoms with Crippen LogP contribution in [-0.4, -0.2) is 18.4 Å². The standard InChI is InChI=1S/C10H14N4O/c11-9(15)7-14-10(12)13-6-8-4-2-1-3-5-8/h1-5H,6-7H2,(H2,11,15)(H3,12,13,14). The van der Waals surface area contributed by atoms with E-state index in [0.717, 1.165) is 5.56 Å². The second-order valence-corrected chi connectivity index (χ2v) is 3.01. The largest absolute Gasteiger partial charge is 0.370 e. The molecule has 0 saturated heterocycles. The molecule has 80 valence electrons. The quantitative estimate of drug-likeness (QED) is 0.461. The van der Waals surface area contributed by atoms with Crippen molar-refractivity contribution >= 4 is 11.9 Å². The number of guanidine groups is 1. The molecule has 0 unspecified atom stereocenters. The zero-order chi connectivity index (χ0) is 11.1. The number of amides is 1. The number of nitrogens with one attached hydrogen (secondary N) is 1. The molecule has 15 heavy (non-hydrogen) atoms. The normalized spacial score (nSPS) is 11.1. The Balaban J connectivity index is 2.40. The maximum atomic E-state index is 10.4. The van der Waals surface area contributed by atoms with Crippen LogP contribution in [0.1, 0.15) is 5.56 Å². The van der Waals surface area contributed by atoms with Crippen LogP contribution >= 0.6 is 0 Å². The topological polar surface area (TPSA) is 93.5 Å². The van der Waals surface area contributed by atoms with Crippen molar-refractivity contribution in [3.05, 3.63) is 35.9 Å². The third kappa shape index (κ3) is 4.66. The van der Waals surface area contributed by atoms with E-state index in [-0.39, 0.29) is 12.5 Å². The fraction of sp³-hybridized carbons (Fsp3) is 0.200. The first-order chi connectivity index (χ1) is 7.18. The zero-order valence-electron chi connectivity index (χ0n) is 8.31. The third-order valence-electron chi connectivity index (χ3n) is 1.72. The number of carbonyl (C=O) groups excluding carboxylic acids is 1. The van der Waals surface area contributed by atoms with Crippen molar-refractivity contribution in [2.45, 2.75) is 6.54 Å². The Kier molecular flexibility index (Phi) is 4.15. The summed E-state index contributed by atoms with van der Waals surface area (Å²) in [4.78, 5) is 14.5. The highest BCUT2D eigenvalue weighted by molar-refractivity contribution is 5.84. The molecular weight excluding hydrogens is 192 g/mol. The second kappa shape index (κ2) is 5.64. The van der Waals surface area contributed by atoms with Crippen LogP contribution in [0, 0.1) is 0 Å². The van der Waals surface area contributed by atoms with Crippen LogP contribution in [0.5, 0.6) is 0 Å². The Morgan fingerprint density at radius 1 is 1.27 bits per heavy atom. The lowest BCUT2D eigenvalue weighted by atomic mass is 10.2. The number of carbonyl (C=O) groups is 1.